The maximum Gasteiger partial charge on any atom is 0.0779 e. The first-order chi connectivity index (χ1) is 8.61. The summed E-state index contributed by atoms with van der Waals surface area (Å²) in [7, 11) is 0. The third-order valence-corrected chi connectivity index (χ3v) is 4.79. The van der Waals surface area contributed by atoms with Crippen LogP contribution in [-0.4, -0.2) is 55.4 Å². The summed E-state index contributed by atoms with van der Waals surface area (Å²) in [5.41, 5.74) is 6.20. The van der Waals surface area contributed by atoms with E-state index in [9.17, 15) is 0 Å². The minimum absolute atomic E-state index is 0.0318. The van der Waals surface area contributed by atoms with Gasteiger partial charge in [-0.15, -0.1) is 0 Å². The van der Waals surface area contributed by atoms with Crippen molar-refractivity contribution >= 4 is 0 Å². The predicted octanol–water partition coefficient (Wildman–Crippen LogP) is 0.958. The van der Waals surface area contributed by atoms with Crippen molar-refractivity contribution in [3.8, 4) is 0 Å². The van der Waals surface area contributed by atoms with Crippen molar-refractivity contribution < 1.29 is 4.74 Å². The molecule has 4 nitrogen and oxygen atoms in total. The van der Waals surface area contributed by atoms with E-state index in [4.69, 9.17) is 10.5 Å². The van der Waals surface area contributed by atoms with Crippen LogP contribution in [0.4, 0.5) is 0 Å². The maximum atomic E-state index is 6.03. The average Bonchev–Trinajstić information content (AvgIpc) is 2.85. The average molecular weight is 255 g/mol. The largest absolute Gasteiger partial charge is 0.374 e. The number of nitrogens with zero attached hydrogens (tertiary/aromatic N) is 1. The van der Waals surface area contributed by atoms with Gasteiger partial charge in [0.1, 0.15) is 0 Å². The third kappa shape index (κ3) is 3.23. The minimum Gasteiger partial charge on any atom is -0.374 e. The van der Waals surface area contributed by atoms with Gasteiger partial charge in [0, 0.05) is 25.2 Å². The van der Waals surface area contributed by atoms with Crippen LogP contribution in [0.3, 0.4) is 0 Å². The maximum absolute atomic E-state index is 6.03. The zero-order valence-electron chi connectivity index (χ0n) is 12.0. The van der Waals surface area contributed by atoms with Gasteiger partial charge in [-0.05, 0) is 52.2 Å². The lowest BCUT2D eigenvalue weighted by Crippen LogP contribution is -2.60. The predicted molar refractivity (Wildman–Crippen MR) is 74.7 cm³/mol. The first-order valence-corrected chi connectivity index (χ1v) is 7.43. The van der Waals surface area contributed by atoms with Gasteiger partial charge in [0.25, 0.3) is 0 Å². The molecule has 2 aliphatic rings. The zero-order valence-corrected chi connectivity index (χ0v) is 12.0. The number of hydrogen-bond donors (Lipinski definition) is 2. The van der Waals surface area contributed by atoms with Crippen molar-refractivity contribution in [1.82, 2.24) is 10.2 Å². The second-order valence-electron chi connectivity index (χ2n) is 6.17. The Hall–Kier alpha value is -0.160. The first-order valence-electron chi connectivity index (χ1n) is 7.43. The molecule has 2 heterocycles. The second-order valence-corrected chi connectivity index (χ2v) is 6.17. The Labute approximate surface area is 111 Å². The van der Waals surface area contributed by atoms with Gasteiger partial charge in [-0.3, -0.25) is 0 Å². The Morgan fingerprint density at radius 1 is 1.28 bits per heavy atom. The van der Waals surface area contributed by atoms with Crippen molar-refractivity contribution in [3.63, 3.8) is 0 Å². The van der Waals surface area contributed by atoms with Gasteiger partial charge in [0.2, 0.25) is 0 Å². The SMILES string of the molecule is CCN1CCC(CN)(NCC2(C)CCCO2)CC1. The second kappa shape index (κ2) is 5.87. The Morgan fingerprint density at radius 2 is 2.00 bits per heavy atom. The summed E-state index contributed by atoms with van der Waals surface area (Å²) in [6.07, 6.45) is 4.68. The van der Waals surface area contributed by atoms with E-state index in [1.165, 1.54) is 12.8 Å². The number of piperidine rings is 1. The van der Waals surface area contributed by atoms with Gasteiger partial charge in [-0.2, -0.15) is 0 Å². The number of rotatable bonds is 5. The van der Waals surface area contributed by atoms with E-state index in [1.807, 2.05) is 0 Å². The van der Waals surface area contributed by atoms with Gasteiger partial charge >= 0.3 is 0 Å². The number of likely N-dealkylation sites (tertiary alicyclic amines) is 1. The monoisotopic (exact) mass is 255 g/mol. The highest BCUT2D eigenvalue weighted by molar-refractivity contribution is 4.96. The van der Waals surface area contributed by atoms with Crippen LogP contribution in [-0.2, 0) is 4.74 Å². The molecule has 4 heteroatoms. The Balaban J connectivity index is 1.85. The van der Waals surface area contributed by atoms with Crippen molar-refractivity contribution in [1.29, 1.82) is 0 Å². The molecule has 18 heavy (non-hydrogen) atoms. The van der Waals surface area contributed by atoms with E-state index in [2.05, 4.69) is 24.1 Å². The van der Waals surface area contributed by atoms with Crippen LogP contribution in [0, 0.1) is 0 Å². The van der Waals surface area contributed by atoms with Crippen LogP contribution in [0.25, 0.3) is 0 Å². The van der Waals surface area contributed by atoms with E-state index in [-0.39, 0.29) is 11.1 Å². The van der Waals surface area contributed by atoms with Crippen molar-refractivity contribution in [2.75, 3.05) is 39.3 Å². The zero-order chi connectivity index (χ0) is 13.1. The highest BCUT2D eigenvalue weighted by atomic mass is 16.5. The quantitative estimate of drug-likeness (QED) is 0.768. The topological polar surface area (TPSA) is 50.5 Å². The minimum atomic E-state index is 0.0318. The third-order valence-electron chi connectivity index (χ3n) is 4.79. The van der Waals surface area contributed by atoms with E-state index in [0.29, 0.717) is 0 Å². The molecule has 0 aromatic carbocycles. The molecule has 0 saturated carbocycles. The van der Waals surface area contributed by atoms with Gasteiger partial charge in [0.05, 0.1) is 5.60 Å². The van der Waals surface area contributed by atoms with E-state index in [0.717, 1.165) is 52.2 Å². The van der Waals surface area contributed by atoms with Crippen LogP contribution < -0.4 is 11.1 Å². The first kappa shape index (κ1) is 14.3. The highest BCUT2D eigenvalue weighted by Gasteiger charge is 2.36. The standard InChI is InChI=1S/C14H29N3O/c1-3-17-8-6-14(11-15,7-9-17)16-12-13(2)5-4-10-18-13/h16H,3-12,15H2,1-2H3. The van der Waals surface area contributed by atoms with Gasteiger partial charge in [-0.1, -0.05) is 6.92 Å². The molecule has 2 aliphatic heterocycles. The lowest BCUT2D eigenvalue weighted by molar-refractivity contribution is 0.00955. The fraction of sp³-hybridized carbons (Fsp3) is 1.00. The van der Waals surface area contributed by atoms with Crippen molar-refractivity contribution in [3.05, 3.63) is 0 Å². The van der Waals surface area contributed by atoms with Crippen LogP contribution >= 0.6 is 0 Å². The molecular weight excluding hydrogens is 226 g/mol. The molecule has 2 rings (SSSR count). The smallest absolute Gasteiger partial charge is 0.0779 e. The van der Waals surface area contributed by atoms with Crippen LogP contribution in [0.15, 0.2) is 0 Å². The molecule has 2 fully saturated rings. The Morgan fingerprint density at radius 3 is 2.50 bits per heavy atom. The number of nitrogens with one attached hydrogen (secondary N) is 1. The summed E-state index contributed by atoms with van der Waals surface area (Å²) in [6.45, 7) is 10.5. The number of ether oxygens (including phenoxy) is 1. The Kier molecular flexibility index (Phi) is 4.64. The highest BCUT2D eigenvalue weighted by Crippen LogP contribution is 2.27. The molecule has 106 valence electrons. The molecule has 0 aromatic heterocycles. The molecule has 0 aromatic rings. The summed E-state index contributed by atoms with van der Waals surface area (Å²) in [4.78, 5) is 2.50. The summed E-state index contributed by atoms with van der Waals surface area (Å²) in [5, 5.41) is 3.74. The van der Waals surface area contributed by atoms with E-state index < -0.39 is 0 Å². The molecule has 0 spiro atoms. The molecule has 1 unspecified atom stereocenters. The molecule has 0 bridgehead atoms. The van der Waals surface area contributed by atoms with E-state index >= 15 is 0 Å². The van der Waals surface area contributed by atoms with Gasteiger partial charge in [-0.25, -0.2) is 0 Å². The number of nitrogens with two attached hydrogens (primary N) is 1. The Bertz CT molecular complexity index is 256. The lowest BCUT2D eigenvalue weighted by Gasteiger charge is -2.43. The molecule has 2 saturated heterocycles. The fourth-order valence-electron chi connectivity index (χ4n) is 3.10. The molecular formula is C14H29N3O. The molecule has 0 radical (unpaired) electrons. The van der Waals surface area contributed by atoms with E-state index in [1.54, 1.807) is 0 Å². The summed E-state index contributed by atoms with van der Waals surface area (Å²) in [6, 6.07) is 0. The lowest BCUT2D eigenvalue weighted by atomic mass is 9.86. The summed E-state index contributed by atoms with van der Waals surface area (Å²) >= 11 is 0. The van der Waals surface area contributed by atoms with Crippen LogP contribution in [0.2, 0.25) is 0 Å². The summed E-state index contributed by atoms with van der Waals surface area (Å²) in [5.74, 6) is 0. The molecule has 1 atom stereocenters. The summed E-state index contributed by atoms with van der Waals surface area (Å²) < 4.78 is 5.85. The van der Waals surface area contributed by atoms with Crippen molar-refractivity contribution in [2.45, 2.75) is 50.7 Å². The molecule has 0 aliphatic carbocycles. The normalized spacial score (nSPS) is 32.8. The number of hydrogen-bond acceptors (Lipinski definition) is 4. The fourth-order valence-corrected chi connectivity index (χ4v) is 3.10. The van der Waals surface area contributed by atoms with Crippen LogP contribution in [0.5, 0.6) is 0 Å². The van der Waals surface area contributed by atoms with Crippen molar-refractivity contribution in [2.24, 2.45) is 5.73 Å². The molecule has 3 N–H and O–H groups in total. The van der Waals surface area contributed by atoms with Gasteiger partial charge in [0.15, 0.2) is 0 Å². The molecule has 0 amide bonds. The van der Waals surface area contributed by atoms with Crippen LogP contribution in [0.1, 0.15) is 39.5 Å². The van der Waals surface area contributed by atoms with Gasteiger partial charge < -0.3 is 20.7 Å².